The van der Waals surface area contributed by atoms with Gasteiger partial charge in [-0.3, -0.25) is 16.2 Å². The van der Waals surface area contributed by atoms with Gasteiger partial charge in [-0.15, -0.1) is 0 Å². The molecule has 2 aliphatic rings. The Bertz CT molecular complexity index is 249. The van der Waals surface area contributed by atoms with Crippen molar-refractivity contribution in [1.29, 1.82) is 0 Å². The summed E-state index contributed by atoms with van der Waals surface area (Å²) in [5, 5.41) is 0. The maximum absolute atomic E-state index is 6.04. The second-order valence-electron chi connectivity index (χ2n) is 6.07. The minimum atomic E-state index is 0.267. The van der Waals surface area contributed by atoms with E-state index >= 15 is 0 Å². The predicted octanol–water partition coefficient (Wildman–Crippen LogP) is 1.51. The van der Waals surface area contributed by atoms with E-state index in [9.17, 15) is 0 Å². The predicted molar refractivity (Wildman–Crippen MR) is 74.1 cm³/mol. The van der Waals surface area contributed by atoms with Crippen LogP contribution in [0, 0.1) is 5.92 Å². The van der Waals surface area contributed by atoms with Gasteiger partial charge in [0.15, 0.2) is 0 Å². The van der Waals surface area contributed by atoms with Gasteiger partial charge in [0.25, 0.3) is 0 Å². The first kappa shape index (κ1) is 14.3. The summed E-state index contributed by atoms with van der Waals surface area (Å²) < 4.78 is 6.04. The minimum absolute atomic E-state index is 0.267. The molecule has 0 aliphatic carbocycles. The molecule has 4 heteroatoms. The number of ether oxygens (including phenoxy) is 1. The molecular weight excluding hydrogens is 226 g/mol. The van der Waals surface area contributed by atoms with E-state index in [0.717, 1.165) is 25.5 Å². The molecule has 0 aromatic carbocycles. The van der Waals surface area contributed by atoms with Crippen LogP contribution in [0.2, 0.25) is 0 Å². The molecule has 0 amide bonds. The normalized spacial score (nSPS) is 32.2. The molecule has 4 atom stereocenters. The van der Waals surface area contributed by atoms with Crippen molar-refractivity contribution in [3.05, 3.63) is 0 Å². The fraction of sp³-hybridized carbons (Fsp3) is 1.00. The van der Waals surface area contributed by atoms with E-state index in [2.05, 4.69) is 24.2 Å². The Hall–Kier alpha value is -0.160. The Morgan fingerprint density at radius 1 is 1.50 bits per heavy atom. The Morgan fingerprint density at radius 2 is 2.33 bits per heavy atom. The quantitative estimate of drug-likeness (QED) is 0.558. The van der Waals surface area contributed by atoms with E-state index < -0.39 is 0 Å². The summed E-state index contributed by atoms with van der Waals surface area (Å²) >= 11 is 0. The molecule has 4 unspecified atom stereocenters. The summed E-state index contributed by atoms with van der Waals surface area (Å²) in [6, 6.07) is 0.973. The highest BCUT2D eigenvalue weighted by atomic mass is 16.5. The molecule has 106 valence electrons. The number of nitrogens with zero attached hydrogens (tertiary/aromatic N) is 1. The van der Waals surface area contributed by atoms with Crippen molar-refractivity contribution < 1.29 is 4.74 Å². The SMILES string of the molecule is CCCC(C)CC(NN)C1CN2CCCC2CO1. The molecule has 0 aromatic rings. The monoisotopic (exact) mass is 255 g/mol. The smallest absolute Gasteiger partial charge is 0.0869 e. The molecule has 0 aromatic heterocycles. The second kappa shape index (κ2) is 6.85. The van der Waals surface area contributed by atoms with Crippen LogP contribution in [0.5, 0.6) is 0 Å². The number of fused-ring (bicyclic) bond motifs is 1. The van der Waals surface area contributed by atoms with Gasteiger partial charge in [-0.2, -0.15) is 0 Å². The first-order valence-electron chi connectivity index (χ1n) is 7.56. The highest BCUT2D eigenvalue weighted by Gasteiger charge is 2.35. The van der Waals surface area contributed by atoms with E-state index in [-0.39, 0.29) is 6.10 Å². The number of hydrogen-bond donors (Lipinski definition) is 2. The van der Waals surface area contributed by atoms with Crippen LogP contribution in [0.25, 0.3) is 0 Å². The fourth-order valence-electron chi connectivity index (χ4n) is 3.46. The Balaban J connectivity index is 1.84. The van der Waals surface area contributed by atoms with Gasteiger partial charge in [-0.1, -0.05) is 26.7 Å². The van der Waals surface area contributed by atoms with Crippen LogP contribution >= 0.6 is 0 Å². The van der Waals surface area contributed by atoms with E-state index in [0.29, 0.717) is 12.1 Å². The van der Waals surface area contributed by atoms with Crippen molar-refractivity contribution in [2.75, 3.05) is 19.7 Å². The average molecular weight is 255 g/mol. The number of hydrogen-bond acceptors (Lipinski definition) is 4. The van der Waals surface area contributed by atoms with E-state index in [1.807, 2.05) is 0 Å². The van der Waals surface area contributed by atoms with Crippen molar-refractivity contribution in [3.8, 4) is 0 Å². The van der Waals surface area contributed by atoms with Crippen molar-refractivity contribution in [2.24, 2.45) is 11.8 Å². The Labute approximate surface area is 111 Å². The molecular formula is C14H29N3O. The van der Waals surface area contributed by atoms with E-state index in [1.165, 1.54) is 32.2 Å². The number of nitrogens with one attached hydrogen (secondary N) is 1. The standard InChI is InChI=1S/C14H29N3O/c1-3-5-11(2)8-13(16-15)14-9-17-7-4-6-12(17)10-18-14/h11-14,16H,3-10,15H2,1-2H3. The molecule has 0 saturated carbocycles. The van der Waals surface area contributed by atoms with Gasteiger partial charge in [0.2, 0.25) is 0 Å². The molecule has 2 heterocycles. The highest BCUT2D eigenvalue weighted by Crippen LogP contribution is 2.25. The molecule has 2 aliphatic heterocycles. The van der Waals surface area contributed by atoms with Gasteiger partial charge in [-0.25, -0.2) is 0 Å². The van der Waals surface area contributed by atoms with E-state index in [4.69, 9.17) is 10.6 Å². The average Bonchev–Trinajstić information content (AvgIpc) is 2.83. The number of hydrazine groups is 1. The summed E-state index contributed by atoms with van der Waals surface area (Å²) in [7, 11) is 0. The van der Waals surface area contributed by atoms with Gasteiger partial charge in [0, 0.05) is 18.6 Å². The van der Waals surface area contributed by atoms with Crippen molar-refractivity contribution in [3.63, 3.8) is 0 Å². The molecule has 0 radical (unpaired) electrons. The van der Waals surface area contributed by atoms with Gasteiger partial charge in [-0.05, 0) is 31.7 Å². The molecule has 2 saturated heterocycles. The van der Waals surface area contributed by atoms with Crippen molar-refractivity contribution >= 4 is 0 Å². The maximum atomic E-state index is 6.04. The van der Waals surface area contributed by atoms with Gasteiger partial charge in [0.1, 0.15) is 0 Å². The Kier molecular flexibility index (Phi) is 5.42. The van der Waals surface area contributed by atoms with Crippen molar-refractivity contribution in [1.82, 2.24) is 10.3 Å². The second-order valence-corrected chi connectivity index (χ2v) is 6.07. The largest absolute Gasteiger partial charge is 0.374 e. The lowest BCUT2D eigenvalue weighted by Crippen LogP contribution is -2.56. The zero-order chi connectivity index (χ0) is 13.0. The fourth-order valence-corrected chi connectivity index (χ4v) is 3.46. The number of rotatable bonds is 6. The molecule has 3 N–H and O–H groups in total. The third-order valence-electron chi connectivity index (χ3n) is 4.52. The minimum Gasteiger partial charge on any atom is -0.374 e. The molecule has 4 nitrogen and oxygen atoms in total. The van der Waals surface area contributed by atoms with Crippen LogP contribution in [0.15, 0.2) is 0 Å². The number of morpholine rings is 1. The maximum Gasteiger partial charge on any atom is 0.0869 e. The van der Waals surface area contributed by atoms with Crippen LogP contribution in [-0.4, -0.2) is 42.8 Å². The lowest BCUT2D eigenvalue weighted by Gasteiger charge is -2.39. The molecule has 0 bridgehead atoms. The van der Waals surface area contributed by atoms with E-state index in [1.54, 1.807) is 0 Å². The van der Waals surface area contributed by atoms with Gasteiger partial charge < -0.3 is 4.74 Å². The zero-order valence-electron chi connectivity index (χ0n) is 11.9. The summed E-state index contributed by atoms with van der Waals surface area (Å²) in [6.45, 7) is 7.75. The van der Waals surface area contributed by atoms with Gasteiger partial charge >= 0.3 is 0 Å². The van der Waals surface area contributed by atoms with Gasteiger partial charge in [0.05, 0.1) is 12.7 Å². The summed E-state index contributed by atoms with van der Waals surface area (Å²) in [4.78, 5) is 2.59. The van der Waals surface area contributed by atoms with Crippen LogP contribution < -0.4 is 11.3 Å². The Morgan fingerprint density at radius 3 is 3.06 bits per heavy atom. The summed E-state index contributed by atoms with van der Waals surface area (Å²) in [5.74, 6) is 6.46. The number of nitrogens with two attached hydrogens (primary N) is 1. The molecule has 2 rings (SSSR count). The van der Waals surface area contributed by atoms with Crippen LogP contribution in [0.4, 0.5) is 0 Å². The lowest BCUT2D eigenvalue weighted by molar-refractivity contribution is -0.0675. The third-order valence-corrected chi connectivity index (χ3v) is 4.52. The van der Waals surface area contributed by atoms with Crippen molar-refractivity contribution in [2.45, 2.75) is 64.1 Å². The summed E-state index contributed by atoms with van der Waals surface area (Å²) in [5.41, 5.74) is 2.99. The topological polar surface area (TPSA) is 50.5 Å². The summed E-state index contributed by atoms with van der Waals surface area (Å²) in [6.07, 6.45) is 6.54. The molecule has 18 heavy (non-hydrogen) atoms. The first-order chi connectivity index (χ1) is 8.74. The highest BCUT2D eigenvalue weighted by molar-refractivity contribution is 4.89. The van der Waals surface area contributed by atoms with Crippen LogP contribution in [0.1, 0.15) is 46.0 Å². The zero-order valence-corrected chi connectivity index (χ0v) is 11.9. The molecule has 2 fully saturated rings. The molecule has 0 spiro atoms. The first-order valence-corrected chi connectivity index (χ1v) is 7.56. The van der Waals surface area contributed by atoms with Crippen LogP contribution in [0.3, 0.4) is 0 Å². The lowest BCUT2D eigenvalue weighted by atomic mass is 9.93. The van der Waals surface area contributed by atoms with Crippen LogP contribution in [-0.2, 0) is 4.74 Å². The third kappa shape index (κ3) is 3.44.